The van der Waals surface area contributed by atoms with E-state index in [1.807, 2.05) is 0 Å². The van der Waals surface area contributed by atoms with E-state index in [1.165, 1.54) is 6.42 Å². The van der Waals surface area contributed by atoms with Gasteiger partial charge in [-0.1, -0.05) is 13.3 Å². The van der Waals surface area contributed by atoms with Gasteiger partial charge in [0.05, 0.1) is 0 Å². The van der Waals surface area contributed by atoms with Crippen molar-refractivity contribution in [3.8, 4) is 0 Å². The van der Waals surface area contributed by atoms with Crippen molar-refractivity contribution in [2.75, 3.05) is 12.4 Å². The minimum Gasteiger partial charge on any atom is -0.372 e. The number of hydrogen-bond donors (Lipinski definition) is 2. The van der Waals surface area contributed by atoms with Gasteiger partial charge in [-0.25, -0.2) is 18.1 Å². The van der Waals surface area contributed by atoms with Crippen LogP contribution in [0.2, 0.25) is 0 Å². The molecule has 2 rings (SSSR count). The molecule has 1 aromatic heterocycles. The van der Waals surface area contributed by atoms with Gasteiger partial charge < -0.3 is 5.32 Å². The quantitative estimate of drug-likeness (QED) is 0.875. The Bertz CT molecular complexity index is 537. The largest absolute Gasteiger partial charge is 0.372 e. The fourth-order valence-corrected chi connectivity index (χ4v) is 4.24. The number of nitrogens with zero attached hydrogens (tertiary/aromatic N) is 1. The highest BCUT2D eigenvalue weighted by molar-refractivity contribution is 7.89. The summed E-state index contributed by atoms with van der Waals surface area (Å²) >= 11 is 0. The van der Waals surface area contributed by atoms with Crippen LogP contribution in [0.15, 0.2) is 23.2 Å². The maximum Gasteiger partial charge on any atom is 0.244 e. The Morgan fingerprint density at radius 3 is 2.60 bits per heavy atom. The van der Waals surface area contributed by atoms with E-state index >= 15 is 0 Å². The van der Waals surface area contributed by atoms with Gasteiger partial charge in [-0.05, 0) is 43.7 Å². The molecule has 1 saturated carbocycles. The Labute approximate surface area is 121 Å². The van der Waals surface area contributed by atoms with Crippen LogP contribution >= 0.6 is 0 Å². The van der Waals surface area contributed by atoms with Crippen molar-refractivity contribution in [1.29, 1.82) is 0 Å². The molecule has 0 aromatic carbocycles. The highest BCUT2D eigenvalue weighted by Gasteiger charge is 2.26. The number of aromatic nitrogens is 1. The number of anilines is 1. The van der Waals surface area contributed by atoms with Gasteiger partial charge in [0.15, 0.2) is 0 Å². The zero-order valence-electron chi connectivity index (χ0n) is 12.1. The van der Waals surface area contributed by atoms with Crippen molar-refractivity contribution in [3.05, 3.63) is 18.3 Å². The lowest BCUT2D eigenvalue weighted by Gasteiger charge is -2.28. The molecule has 112 valence electrons. The summed E-state index contributed by atoms with van der Waals surface area (Å²) in [6.45, 7) is 2.20. The van der Waals surface area contributed by atoms with E-state index in [1.54, 1.807) is 25.4 Å². The van der Waals surface area contributed by atoms with Crippen molar-refractivity contribution < 1.29 is 8.42 Å². The molecule has 6 heteroatoms. The summed E-state index contributed by atoms with van der Waals surface area (Å²) in [6.07, 6.45) is 6.83. The van der Waals surface area contributed by atoms with Gasteiger partial charge in [-0.15, -0.1) is 0 Å². The smallest absolute Gasteiger partial charge is 0.244 e. The Hall–Kier alpha value is -1.14. The molecule has 1 fully saturated rings. The Balaban J connectivity index is 2.08. The average Bonchev–Trinajstić information content (AvgIpc) is 2.47. The monoisotopic (exact) mass is 297 g/mol. The molecule has 0 amide bonds. The van der Waals surface area contributed by atoms with Crippen LogP contribution in [0.4, 0.5) is 5.82 Å². The molecule has 1 aromatic rings. The van der Waals surface area contributed by atoms with E-state index in [4.69, 9.17) is 0 Å². The molecule has 1 aliphatic rings. The molecule has 0 radical (unpaired) electrons. The van der Waals surface area contributed by atoms with Gasteiger partial charge in [0.2, 0.25) is 10.0 Å². The van der Waals surface area contributed by atoms with Gasteiger partial charge in [0, 0.05) is 19.3 Å². The first-order valence-electron chi connectivity index (χ1n) is 7.22. The molecule has 0 atom stereocenters. The van der Waals surface area contributed by atoms with E-state index in [-0.39, 0.29) is 10.9 Å². The van der Waals surface area contributed by atoms with Gasteiger partial charge >= 0.3 is 0 Å². The molecule has 0 spiro atoms. The van der Waals surface area contributed by atoms with Gasteiger partial charge in [-0.2, -0.15) is 0 Å². The summed E-state index contributed by atoms with van der Waals surface area (Å²) < 4.78 is 27.7. The lowest BCUT2D eigenvalue weighted by molar-refractivity contribution is 0.306. The van der Waals surface area contributed by atoms with Crippen molar-refractivity contribution in [2.45, 2.75) is 50.0 Å². The molecule has 1 aliphatic carbocycles. The molecule has 0 unspecified atom stereocenters. The zero-order chi connectivity index (χ0) is 14.6. The SMILES string of the molecule is CCC1CCC(NS(=O)(=O)c2cccnc2NC)CC1. The molecule has 1 heterocycles. The van der Waals surface area contributed by atoms with Crippen LogP contribution in [0.25, 0.3) is 0 Å². The first-order valence-corrected chi connectivity index (χ1v) is 8.70. The van der Waals surface area contributed by atoms with Crippen LogP contribution in [-0.4, -0.2) is 26.5 Å². The third-order valence-electron chi connectivity index (χ3n) is 4.04. The van der Waals surface area contributed by atoms with Crippen LogP contribution in [-0.2, 0) is 10.0 Å². The van der Waals surface area contributed by atoms with E-state index in [0.29, 0.717) is 5.82 Å². The molecule has 0 aliphatic heterocycles. The van der Waals surface area contributed by atoms with Crippen LogP contribution in [0.5, 0.6) is 0 Å². The molecule has 0 bridgehead atoms. The topological polar surface area (TPSA) is 71.1 Å². The van der Waals surface area contributed by atoms with Crippen LogP contribution in [0, 0.1) is 5.92 Å². The molecular weight excluding hydrogens is 274 g/mol. The minimum atomic E-state index is -3.50. The summed E-state index contributed by atoms with van der Waals surface area (Å²) in [6, 6.07) is 3.27. The zero-order valence-corrected chi connectivity index (χ0v) is 12.9. The highest BCUT2D eigenvalue weighted by atomic mass is 32.2. The second-order valence-electron chi connectivity index (χ2n) is 5.35. The molecule has 2 N–H and O–H groups in total. The second-order valence-corrected chi connectivity index (χ2v) is 7.03. The average molecular weight is 297 g/mol. The lowest BCUT2D eigenvalue weighted by Crippen LogP contribution is -2.37. The summed E-state index contributed by atoms with van der Waals surface area (Å²) in [5, 5.41) is 2.82. The standard InChI is InChI=1S/C14H23N3O2S/c1-3-11-6-8-12(9-7-11)17-20(18,19)13-5-4-10-16-14(13)15-2/h4-5,10-12,17H,3,6-9H2,1-2H3,(H,15,16). The minimum absolute atomic E-state index is 0.0488. The summed E-state index contributed by atoms with van der Waals surface area (Å²) in [4.78, 5) is 4.27. The molecule has 5 nitrogen and oxygen atoms in total. The number of sulfonamides is 1. The number of rotatable bonds is 5. The van der Waals surface area contributed by atoms with Crippen molar-refractivity contribution in [3.63, 3.8) is 0 Å². The van der Waals surface area contributed by atoms with Gasteiger partial charge in [-0.3, -0.25) is 0 Å². The van der Waals surface area contributed by atoms with Crippen molar-refractivity contribution in [2.24, 2.45) is 5.92 Å². The normalized spacial score (nSPS) is 23.5. The third-order valence-corrected chi connectivity index (χ3v) is 5.60. The Morgan fingerprint density at radius 2 is 2.00 bits per heavy atom. The first-order chi connectivity index (χ1) is 9.56. The van der Waals surface area contributed by atoms with Gasteiger partial charge in [0.25, 0.3) is 0 Å². The summed E-state index contributed by atoms with van der Waals surface area (Å²) in [5.41, 5.74) is 0. The molecule has 20 heavy (non-hydrogen) atoms. The number of hydrogen-bond acceptors (Lipinski definition) is 4. The summed E-state index contributed by atoms with van der Waals surface area (Å²) in [5.74, 6) is 1.14. The maximum atomic E-state index is 12.4. The molecular formula is C14H23N3O2S. The second kappa shape index (κ2) is 6.54. The maximum absolute atomic E-state index is 12.4. The van der Waals surface area contributed by atoms with Crippen LogP contribution in [0.3, 0.4) is 0 Å². The first kappa shape index (κ1) is 15.3. The fraction of sp³-hybridized carbons (Fsp3) is 0.643. The highest BCUT2D eigenvalue weighted by Crippen LogP contribution is 2.28. The molecule has 0 saturated heterocycles. The predicted molar refractivity (Wildman–Crippen MR) is 80.1 cm³/mol. The summed E-state index contributed by atoms with van der Waals surface area (Å²) in [7, 11) is -1.83. The number of nitrogens with one attached hydrogen (secondary N) is 2. The fourth-order valence-electron chi connectivity index (χ4n) is 2.77. The number of pyridine rings is 1. The van der Waals surface area contributed by atoms with Crippen LogP contribution in [0.1, 0.15) is 39.0 Å². The van der Waals surface area contributed by atoms with Crippen molar-refractivity contribution in [1.82, 2.24) is 9.71 Å². The Kier molecular flexibility index (Phi) is 4.99. The lowest BCUT2D eigenvalue weighted by atomic mass is 9.85. The Morgan fingerprint density at radius 1 is 1.30 bits per heavy atom. The van der Waals surface area contributed by atoms with E-state index in [0.717, 1.165) is 31.6 Å². The predicted octanol–water partition coefficient (Wildman–Crippen LogP) is 2.37. The van der Waals surface area contributed by atoms with E-state index < -0.39 is 10.0 Å². The van der Waals surface area contributed by atoms with Crippen molar-refractivity contribution >= 4 is 15.8 Å². The van der Waals surface area contributed by atoms with E-state index in [2.05, 4.69) is 21.9 Å². The van der Waals surface area contributed by atoms with E-state index in [9.17, 15) is 8.42 Å². The van der Waals surface area contributed by atoms with Gasteiger partial charge in [0.1, 0.15) is 10.7 Å². The third kappa shape index (κ3) is 3.49. The van der Waals surface area contributed by atoms with Crippen LogP contribution < -0.4 is 10.0 Å².